The molecule has 0 aliphatic heterocycles. The van der Waals surface area contributed by atoms with E-state index in [4.69, 9.17) is 16.0 Å². The van der Waals surface area contributed by atoms with E-state index in [1.165, 1.54) is 24.3 Å². The highest BCUT2D eigenvalue weighted by Crippen LogP contribution is 2.20. The molecule has 27 heavy (non-hydrogen) atoms. The van der Waals surface area contributed by atoms with Crippen molar-refractivity contribution in [2.45, 2.75) is 17.2 Å². The van der Waals surface area contributed by atoms with Gasteiger partial charge in [-0.05, 0) is 54.1 Å². The van der Waals surface area contributed by atoms with E-state index in [1.54, 1.807) is 36.4 Å². The van der Waals surface area contributed by atoms with E-state index in [0.717, 1.165) is 10.0 Å². The van der Waals surface area contributed by atoms with Crippen LogP contribution in [-0.2, 0) is 22.1 Å². The Morgan fingerprint density at radius 1 is 1.00 bits per heavy atom. The van der Waals surface area contributed by atoms with E-state index in [2.05, 4.69) is 21.2 Å². The van der Waals surface area contributed by atoms with E-state index in [9.17, 15) is 13.2 Å². The number of amides is 1. The van der Waals surface area contributed by atoms with Gasteiger partial charge in [-0.2, -0.15) is 0 Å². The molecule has 1 amide bonds. The van der Waals surface area contributed by atoms with Gasteiger partial charge in [0.15, 0.2) is 15.6 Å². The minimum Gasteiger partial charge on any atom is -0.455 e. The molecule has 1 N–H and O–H groups in total. The van der Waals surface area contributed by atoms with Crippen LogP contribution in [0.4, 0.5) is 0 Å². The summed E-state index contributed by atoms with van der Waals surface area (Å²) in [6.45, 7) is 0.309. The number of carbonyl (C=O) groups is 1. The SMILES string of the molecule is O=C(NCc1ccc(Cl)cc1)c1ccc(CS(=O)(=O)c2ccc(Br)cc2)o1. The summed E-state index contributed by atoms with van der Waals surface area (Å²) >= 11 is 9.09. The highest BCUT2D eigenvalue weighted by Gasteiger charge is 2.19. The van der Waals surface area contributed by atoms with Gasteiger partial charge in [0.25, 0.3) is 5.91 Å². The molecule has 0 spiro atoms. The molecule has 2 aromatic carbocycles. The molecule has 0 unspecified atom stereocenters. The van der Waals surface area contributed by atoms with Crippen molar-refractivity contribution < 1.29 is 17.6 Å². The van der Waals surface area contributed by atoms with E-state index in [-0.39, 0.29) is 22.2 Å². The standard InChI is InChI=1S/C19H15BrClNO4S/c20-14-3-8-17(9-4-14)27(24,25)12-16-7-10-18(26-16)19(23)22-11-13-1-5-15(21)6-2-13/h1-10H,11-12H2,(H,22,23). The lowest BCUT2D eigenvalue weighted by atomic mass is 10.2. The molecule has 0 atom stereocenters. The van der Waals surface area contributed by atoms with Gasteiger partial charge in [-0.15, -0.1) is 0 Å². The van der Waals surface area contributed by atoms with Gasteiger partial charge in [-0.25, -0.2) is 8.42 Å². The van der Waals surface area contributed by atoms with E-state index < -0.39 is 15.7 Å². The summed E-state index contributed by atoms with van der Waals surface area (Å²) in [5, 5.41) is 3.34. The average molecular weight is 469 g/mol. The average Bonchev–Trinajstić information content (AvgIpc) is 3.09. The second kappa shape index (κ2) is 8.29. The maximum Gasteiger partial charge on any atom is 0.287 e. The fourth-order valence-corrected chi connectivity index (χ4v) is 4.00. The quantitative estimate of drug-likeness (QED) is 0.574. The minimum atomic E-state index is -3.56. The van der Waals surface area contributed by atoms with Crippen molar-refractivity contribution in [1.82, 2.24) is 5.32 Å². The number of nitrogens with one attached hydrogen (secondary N) is 1. The van der Waals surface area contributed by atoms with Crippen molar-refractivity contribution in [3.63, 3.8) is 0 Å². The fourth-order valence-electron chi connectivity index (χ4n) is 2.36. The molecule has 3 rings (SSSR count). The zero-order chi connectivity index (χ0) is 19.4. The summed E-state index contributed by atoms with van der Waals surface area (Å²) in [5.74, 6) is -0.476. The monoisotopic (exact) mass is 467 g/mol. The summed E-state index contributed by atoms with van der Waals surface area (Å²) in [6.07, 6.45) is 0. The van der Waals surface area contributed by atoms with Crippen LogP contribution in [0.15, 0.2) is 74.4 Å². The molecule has 0 saturated carbocycles. The van der Waals surface area contributed by atoms with Crippen LogP contribution in [0, 0.1) is 0 Å². The van der Waals surface area contributed by atoms with Crippen molar-refractivity contribution in [3.05, 3.63) is 87.2 Å². The molecule has 1 heterocycles. The molecule has 5 nitrogen and oxygen atoms in total. The van der Waals surface area contributed by atoms with Crippen molar-refractivity contribution in [2.24, 2.45) is 0 Å². The number of hydrogen-bond donors (Lipinski definition) is 1. The minimum absolute atomic E-state index is 0.0602. The summed E-state index contributed by atoms with van der Waals surface area (Å²) < 4.78 is 31.1. The number of sulfone groups is 1. The second-order valence-electron chi connectivity index (χ2n) is 5.79. The molecule has 0 bridgehead atoms. The third kappa shape index (κ3) is 5.22. The number of furan rings is 1. The first kappa shape index (κ1) is 19.7. The first-order valence-electron chi connectivity index (χ1n) is 7.93. The first-order chi connectivity index (χ1) is 12.8. The van der Waals surface area contributed by atoms with Crippen LogP contribution in [0.1, 0.15) is 21.9 Å². The summed E-state index contributed by atoms with van der Waals surface area (Å²) in [4.78, 5) is 12.4. The predicted molar refractivity (Wildman–Crippen MR) is 106 cm³/mol. The summed E-state index contributed by atoms with van der Waals surface area (Å²) in [5.41, 5.74) is 0.886. The highest BCUT2D eigenvalue weighted by molar-refractivity contribution is 9.10. The van der Waals surface area contributed by atoms with Crippen LogP contribution in [0.2, 0.25) is 5.02 Å². The smallest absolute Gasteiger partial charge is 0.287 e. The maximum atomic E-state index is 12.4. The molecular formula is C19H15BrClNO4S. The van der Waals surface area contributed by atoms with Gasteiger partial charge >= 0.3 is 0 Å². The molecule has 0 radical (unpaired) electrons. The van der Waals surface area contributed by atoms with Gasteiger partial charge in [0.2, 0.25) is 0 Å². The van der Waals surface area contributed by atoms with Gasteiger partial charge in [-0.1, -0.05) is 39.7 Å². The number of rotatable bonds is 6. The lowest BCUT2D eigenvalue weighted by molar-refractivity contribution is 0.0921. The van der Waals surface area contributed by atoms with Crippen LogP contribution >= 0.6 is 27.5 Å². The zero-order valence-corrected chi connectivity index (χ0v) is 17.1. The Balaban J connectivity index is 1.64. The van der Waals surface area contributed by atoms with Gasteiger partial charge < -0.3 is 9.73 Å². The van der Waals surface area contributed by atoms with Gasteiger partial charge in [0.05, 0.1) is 4.90 Å². The van der Waals surface area contributed by atoms with Gasteiger partial charge in [-0.3, -0.25) is 4.79 Å². The Morgan fingerprint density at radius 3 is 2.33 bits per heavy atom. The molecule has 0 aliphatic rings. The van der Waals surface area contributed by atoms with Crippen LogP contribution in [0.25, 0.3) is 0 Å². The molecule has 0 saturated heterocycles. The highest BCUT2D eigenvalue weighted by atomic mass is 79.9. The largest absolute Gasteiger partial charge is 0.455 e. The molecule has 0 fully saturated rings. The Kier molecular flexibility index (Phi) is 6.04. The zero-order valence-electron chi connectivity index (χ0n) is 14.0. The van der Waals surface area contributed by atoms with Gasteiger partial charge in [0, 0.05) is 16.0 Å². The predicted octanol–water partition coefficient (Wildman–Crippen LogP) is 4.60. The fraction of sp³-hybridized carbons (Fsp3) is 0.105. The summed E-state index contributed by atoms with van der Waals surface area (Å²) in [7, 11) is -3.56. The number of benzene rings is 2. The first-order valence-corrected chi connectivity index (χ1v) is 10.8. The molecule has 140 valence electrons. The maximum absolute atomic E-state index is 12.4. The molecule has 0 aliphatic carbocycles. The van der Waals surface area contributed by atoms with Crippen molar-refractivity contribution in [1.29, 1.82) is 0 Å². The number of hydrogen-bond acceptors (Lipinski definition) is 4. The van der Waals surface area contributed by atoms with Crippen molar-refractivity contribution in [2.75, 3.05) is 0 Å². The normalized spacial score (nSPS) is 11.3. The Bertz CT molecular complexity index is 1040. The molecular weight excluding hydrogens is 454 g/mol. The summed E-state index contributed by atoms with van der Waals surface area (Å²) in [6, 6.07) is 16.4. The molecule has 3 aromatic rings. The van der Waals surface area contributed by atoms with E-state index in [1.807, 2.05) is 0 Å². The van der Waals surface area contributed by atoms with Crippen molar-refractivity contribution >= 4 is 43.3 Å². The Hall–Kier alpha value is -2.09. The van der Waals surface area contributed by atoms with Crippen molar-refractivity contribution in [3.8, 4) is 0 Å². The van der Waals surface area contributed by atoms with Gasteiger partial charge in [0.1, 0.15) is 11.5 Å². The Labute approximate surface area is 170 Å². The lowest BCUT2D eigenvalue weighted by Gasteiger charge is -2.04. The van der Waals surface area contributed by atoms with Crippen LogP contribution in [-0.4, -0.2) is 14.3 Å². The van der Waals surface area contributed by atoms with Crippen LogP contribution in [0.5, 0.6) is 0 Å². The number of halogens is 2. The lowest BCUT2D eigenvalue weighted by Crippen LogP contribution is -2.22. The third-order valence-electron chi connectivity index (χ3n) is 3.76. The van der Waals surface area contributed by atoms with E-state index in [0.29, 0.717) is 11.6 Å². The Morgan fingerprint density at radius 2 is 1.67 bits per heavy atom. The van der Waals surface area contributed by atoms with E-state index >= 15 is 0 Å². The molecule has 8 heteroatoms. The third-order valence-corrected chi connectivity index (χ3v) is 6.19. The van der Waals surface area contributed by atoms with Crippen LogP contribution < -0.4 is 5.32 Å². The number of carbonyl (C=O) groups excluding carboxylic acids is 1. The second-order valence-corrected chi connectivity index (χ2v) is 9.13. The van der Waals surface area contributed by atoms with Crippen LogP contribution in [0.3, 0.4) is 0 Å². The molecule has 1 aromatic heterocycles. The topological polar surface area (TPSA) is 76.4 Å².